The zero-order chi connectivity index (χ0) is 10.8. The van der Waals surface area contributed by atoms with Crippen LogP contribution in [0.2, 0.25) is 0 Å². The van der Waals surface area contributed by atoms with Gasteiger partial charge in [-0.2, -0.15) is 0 Å². The van der Waals surface area contributed by atoms with Crippen LogP contribution in [-0.2, 0) is 0 Å². The highest BCUT2D eigenvalue weighted by Gasteiger charge is 2.34. The molecule has 78 valence electrons. The Hall–Kier alpha value is -0.820. The van der Waals surface area contributed by atoms with Crippen molar-refractivity contribution in [3.05, 3.63) is 35.5 Å². The molecule has 0 aromatic heterocycles. The van der Waals surface area contributed by atoms with Crippen LogP contribution in [0.15, 0.2) is 35.5 Å². The van der Waals surface area contributed by atoms with Crippen LogP contribution >= 0.6 is 0 Å². The van der Waals surface area contributed by atoms with Gasteiger partial charge in [-0.25, -0.2) is 0 Å². The third kappa shape index (κ3) is 1.98. The fraction of sp³-hybridized carbons (Fsp3) is 0.538. The summed E-state index contributed by atoms with van der Waals surface area (Å²) in [4.78, 5) is 0. The number of allylic oxidation sites excluding steroid dienone is 4. The van der Waals surface area contributed by atoms with Gasteiger partial charge in [-0.1, -0.05) is 43.7 Å². The van der Waals surface area contributed by atoms with Crippen LogP contribution in [0, 0.1) is 5.41 Å². The molecule has 0 spiro atoms. The van der Waals surface area contributed by atoms with Gasteiger partial charge in [-0.15, -0.1) is 0 Å². The van der Waals surface area contributed by atoms with Crippen molar-refractivity contribution in [3.8, 4) is 0 Å². The highest BCUT2D eigenvalue weighted by atomic mass is 16.3. The lowest BCUT2D eigenvalue weighted by atomic mass is 9.71. The summed E-state index contributed by atoms with van der Waals surface area (Å²) in [6.45, 7) is 8.32. The van der Waals surface area contributed by atoms with Gasteiger partial charge in [0.05, 0.1) is 6.10 Å². The molecule has 1 heteroatoms. The second kappa shape index (κ2) is 4.14. The maximum absolute atomic E-state index is 9.91. The smallest absolute Gasteiger partial charge is 0.0666 e. The summed E-state index contributed by atoms with van der Waals surface area (Å²) in [5.74, 6) is 0. The lowest BCUT2D eigenvalue weighted by Gasteiger charge is -2.37. The maximum atomic E-state index is 9.91. The molecule has 1 N–H and O–H groups in total. The van der Waals surface area contributed by atoms with E-state index in [0.29, 0.717) is 0 Å². The summed E-state index contributed by atoms with van der Waals surface area (Å²) in [6.07, 6.45) is 8.78. The van der Waals surface area contributed by atoms with Crippen molar-refractivity contribution < 1.29 is 5.11 Å². The molecular weight excluding hydrogens is 172 g/mol. The van der Waals surface area contributed by atoms with Crippen LogP contribution in [0.4, 0.5) is 0 Å². The molecule has 1 aliphatic carbocycles. The Morgan fingerprint density at radius 3 is 2.71 bits per heavy atom. The van der Waals surface area contributed by atoms with Crippen molar-refractivity contribution in [1.29, 1.82) is 0 Å². The van der Waals surface area contributed by atoms with E-state index < -0.39 is 0 Å². The molecule has 14 heavy (non-hydrogen) atoms. The molecular formula is C13H20O. The van der Waals surface area contributed by atoms with E-state index >= 15 is 0 Å². The van der Waals surface area contributed by atoms with E-state index in [2.05, 4.69) is 32.9 Å². The standard InChI is InChI=1S/C13H20O/c1-5-6-7-11-10(2)8-9-12(14)13(11,3)4/h5-8,12,14H,9H2,1-4H3/b6-5+,11-7+. The number of aliphatic hydroxyl groups is 1. The van der Waals surface area contributed by atoms with E-state index in [1.165, 1.54) is 11.1 Å². The number of hydrogen-bond donors (Lipinski definition) is 1. The SMILES string of the molecule is C/C=C/C=C1\C(C)=CCC(O)C1(C)C. The number of hydrogen-bond acceptors (Lipinski definition) is 1. The summed E-state index contributed by atoms with van der Waals surface area (Å²) in [5, 5.41) is 9.91. The van der Waals surface area contributed by atoms with E-state index in [9.17, 15) is 5.11 Å². The fourth-order valence-corrected chi connectivity index (χ4v) is 1.92. The lowest BCUT2D eigenvalue weighted by molar-refractivity contribution is 0.0738. The lowest BCUT2D eigenvalue weighted by Crippen LogP contribution is -2.34. The van der Waals surface area contributed by atoms with Gasteiger partial charge < -0.3 is 5.11 Å². The van der Waals surface area contributed by atoms with Gasteiger partial charge in [-0.05, 0) is 25.8 Å². The van der Waals surface area contributed by atoms with Crippen molar-refractivity contribution in [3.63, 3.8) is 0 Å². The van der Waals surface area contributed by atoms with Gasteiger partial charge in [0, 0.05) is 5.41 Å². The average Bonchev–Trinajstić information content (AvgIpc) is 2.12. The molecule has 0 amide bonds. The first-order valence-corrected chi connectivity index (χ1v) is 5.18. The minimum atomic E-state index is -0.261. The Labute approximate surface area is 86.8 Å². The van der Waals surface area contributed by atoms with Gasteiger partial charge in [0.25, 0.3) is 0 Å². The summed E-state index contributed by atoms with van der Waals surface area (Å²) in [7, 11) is 0. The van der Waals surface area contributed by atoms with Crippen LogP contribution in [0.25, 0.3) is 0 Å². The van der Waals surface area contributed by atoms with E-state index in [-0.39, 0.29) is 11.5 Å². The predicted octanol–water partition coefficient (Wildman–Crippen LogP) is 3.23. The quantitative estimate of drug-likeness (QED) is 0.676. The third-order valence-corrected chi connectivity index (χ3v) is 3.05. The van der Waals surface area contributed by atoms with Crippen LogP contribution in [0.5, 0.6) is 0 Å². The van der Waals surface area contributed by atoms with Crippen molar-refractivity contribution in [2.24, 2.45) is 5.41 Å². The highest BCUT2D eigenvalue weighted by Crippen LogP contribution is 2.40. The van der Waals surface area contributed by atoms with E-state index in [1.54, 1.807) is 0 Å². The van der Waals surface area contributed by atoms with Crippen molar-refractivity contribution in [1.82, 2.24) is 0 Å². The second-order valence-electron chi connectivity index (χ2n) is 4.47. The molecule has 1 rings (SSSR count). The molecule has 0 aromatic carbocycles. The minimum Gasteiger partial charge on any atom is -0.392 e. The highest BCUT2D eigenvalue weighted by molar-refractivity contribution is 5.40. The van der Waals surface area contributed by atoms with Gasteiger partial charge in [0.15, 0.2) is 0 Å². The average molecular weight is 192 g/mol. The van der Waals surface area contributed by atoms with E-state index in [4.69, 9.17) is 0 Å². The summed E-state index contributed by atoms with van der Waals surface area (Å²) in [6, 6.07) is 0. The normalized spacial score (nSPS) is 29.6. The second-order valence-corrected chi connectivity index (χ2v) is 4.47. The zero-order valence-electron chi connectivity index (χ0n) is 9.54. The minimum absolute atomic E-state index is 0.127. The van der Waals surface area contributed by atoms with Gasteiger partial charge in [0.2, 0.25) is 0 Å². The van der Waals surface area contributed by atoms with Gasteiger partial charge >= 0.3 is 0 Å². The summed E-state index contributed by atoms with van der Waals surface area (Å²) >= 11 is 0. The first kappa shape index (κ1) is 11.3. The first-order chi connectivity index (χ1) is 6.50. The van der Waals surface area contributed by atoms with Gasteiger partial charge in [0.1, 0.15) is 0 Å². The molecule has 0 saturated heterocycles. The molecule has 0 bridgehead atoms. The summed E-state index contributed by atoms with van der Waals surface area (Å²) < 4.78 is 0. The Morgan fingerprint density at radius 2 is 2.14 bits per heavy atom. The van der Waals surface area contributed by atoms with Crippen LogP contribution in [-0.4, -0.2) is 11.2 Å². The molecule has 0 aliphatic heterocycles. The topological polar surface area (TPSA) is 20.2 Å². The van der Waals surface area contributed by atoms with Crippen LogP contribution < -0.4 is 0 Å². The molecule has 1 atom stereocenters. The number of aliphatic hydroxyl groups excluding tert-OH is 1. The Bertz CT molecular complexity index is 292. The number of rotatable bonds is 1. The van der Waals surface area contributed by atoms with Gasteiger partial charge in [-0.3, -0.25) is 0 Å². The Kier molecular flexibility index (Phi) is 3.33. The molecule has 0 aromatic rings. The van der Waals surface area contributed by atoms with E-state index in [1.807, 2.05) is 19.1 Å². The third-order valence-electron chi connectivity index (χ3n) is 3.05. The molecule has 0 heterocycles. The first-order valence-electron chi connectivity index (χ1n) is 5.18. The Balaban J connectivity index is 3.10. The van der Waals surface area contributed by atoms with E-state index in [0.717, 1.165) is 6.42 Å². The molecule has 1 aliphatic rings. The molecule has 0 saturated carbocycles. The predicted molar refractivity (Wildman–Crippen MR) is 61.1 cm³/mol. The van der Waals surface area contributed by atoms with Crippen molar-refractivity contribution in [2.75, 3.05) is 0 Å². The largest absolute Gasteiger partial charge is 0.392 e. The molecule has 1 unspecified atom stereocenters. The fourth-order valence-electron chi connectivity index (χ4n) is 1.92. The van der Waals surface area contributed by atoms with Crippen molar-refractivity contribution >= 4 is 0 Å². The monoisotopic (exact) mass is 192 g/mol. The van der Waals surface area contributed by atoms with Crippen LogP contribution in [0.1, 0.15) is 34.1 Å². The summed E-state index contributed by atoms with van der Waals surface area (Å²) in [5.41, 5.74) is 2.41. The maximum Gasteiger partial charge on any atom is 0.0666 e. The molecule has 1 nitrogen and oxygen atoms in total. The molecule has 0 radical (unpaired) electrons. The van der Waals surface area contributed by atoms with Crippen molar-refractivity contribution in [2.45, 2.75) is 40.2 Å². The zero-order valence-corrected chi connectivity index (χ0v) is 9.54. The molecule has 0 fully saturated rings. The van der Waals surface area contributed by atoms with Crippen LogP contribution in [0.3, 0.4) is 0 Å². The Morgan fingerprint density at radius 1 is 1.50 bits per heavy atom.